The molecular weight excluding hydrogens is 378 g/mol. The first-order valence-corrected chi connectivity index (χ1v) is 10.4. The maximum Gasteiger partial charge on any atom is 0.242 e. The van der Waals surface area contributed by atoms with E-state index in [1.54, 1.807) is 13.0 Å². The van der Waals surface area contributed by atoms with Crippen molar-refractivity contribution in [2.24, 2.45) is 5.92 Å². The van der Waals surface area contributed by atoms with E-state index in [0.29, 0.717) is 24.2 Å². The van der Waals surface area contributed by atoms with E-state index < -0.39 is 6.04 Å². The lowest BCUT2D eigenvalue weighted by Crippen LogP contribution is -2.50. The molecule has 1 aliphatic rings. The van der Waals surface area contributed by atoms with Crippen LogP contribution >= 0.6 is 0 Å². The molecule has 4 atom stereocenters. The normalized spacial score (nSPS) is 20.4. The summed E-state index contributed by atoms with van der Waals surface area (Å²) in [5.74, 6) is 0.840. The number of nitrogens with zero attached hydrogens (tertiary/aromatic N) is 1. The van der Waals surface area contributed by atoms with Crippen molar-refractivity contribution < 1.29 is 9.59 Å². The van der Waals surface area contributed by atoms with Gasteiger partial charge in [-0.3, -0.25) is 9.59 Å². The molecular formula is C23H31N5O2. The molecule has 3 rings (SSSR count). The minimum atomic E-state index is -0.619. The lowest BCUT2D eigenvalue weighted by molar-refractivity contribution is -0.129. The summed E-state index contributed by atoms with van der Waals surface area (Å²) in [6, 6.07) is 13.0. The second kappa shape index (κ2) is 9.71. The van der Waals surface area contributed by atoms with Crippen molar-refractivity contribution >= 4 is 17.6 Å². The quantitative estimate of drug-likeness (QED) is 0.558. The summed E-state index contributed by atoms with van der Waals surface area (Å²) in [6.07, 6.45) is 0.756. The smallest absolute Gasteiger partial charge is 0.242 e. The van der Waals surface area contributed by atoms with Gasteiger partial charge in [0.1, 0.15) is 11.9 Å². The first-order chi connectivity index (χ1) is 14.3. The van der Waals surface area contributed by atoms with Crippen molar-refractivity contribution in [2.75, 3.05) is 12.3 Å². The van der Waals surface area contributed by atoms with Gasteiger partial charge in [-0.15, -0.1) is 0 Å². The Bertz CT molecular complexity index is 886. The molecule has 0 aliphatic carbocycles. The summed E-state index contributed by atoms with van der Waals surface area (Å²) in [6.45, 7) is 6.88. The summed E-state index contributed by atoms with van der Waals surface area (Å²) in [4.78, 5) is 29.3. The molecule has 1 aromatic carbocycles. The number of aryl methyl sites for hydroxylation is 1. The van der Waals surface area contributed by atoms with Crippen LogP contribution in [0.1, 0.15) is 43.0 Å². The van der Waals surface area contributed by atoms with E-state index in [1.165, 1.54) is 5.56 Å². The molecule has 2 heterocycles. The number of hydrogen-bond donors (Lipinski definition) is 4. The Kier molecular flexibility index (Phi) is 7.05. The number of pyridine rings is 1. The number of nitrogens with two attached hydrogens (primary N) is 1. The highest BCUT2D eigenvalue weighted by molar-refractivity contribution is 5.89. The van der Waals surface area contributed by atoms with Gasteiger partial charge >= 0.3 is 0 Å². The predicted molar refractivity (Wildman–Crippen MR) is 118 cm³/mol. The van der Waals surface area contributed by atoms with Gasteiger partial charge in [0.2, 0.25) is 11.8 Å². The van der Waals surface area contributed by atoms with Crippen LogP contribution in [0.2, 0.25) is 0 Å². The number of rotatable bonds is 7. The van der Waals surface area contributed by atoms with Crippen molar-refractivity contribution in [3.63, 3.8) is 0 Å². The maximum absolute atomic E-state index is 12.7. The zero-order chi connectivity index (χ0) is 21.7. The topological polar surface area (TPSA) is 109 Å². The van der Waals surface area contributed by atoms with Gasteiger partial charge in [0.05, 0.1) is 6.04 Å². The Labute approximate surface area is 177 Å². The van der Waals surface area contributed by atoms with Crippen LogP contribution in [0, 0.1) is 12.8 Å². The van der Waals surface area contributed by atoms with E-state index in [-0.39, 0.29) is 17.9 Å². The average Bonchev–Trinajstić information content (AvgIpc) is 3.23. The number of carbonyl (C=O) groups is 2. The molecule has 7 heteroatoms. The fourth-order valence-electron chi connectivity index (χ4n) is 3.88. The number of anilines is 1. The zero-order valence-electron chi connectivity index (χ0n) is 17.8. The molecule has 0 spiro atoms. The van der Waals surface area contributed by atoms with Gasteiger partial charge in [-0.05, 0) is 55.8 Å². The number of nitrogens with one attached hydrogen (secondary N) is 3. The standard InChI is InChI=1S/C23H31N5O2/c1-14(17-7-5-4-6-8-17)19-11-20(25-13-19)23(30)28-16(3)22(29)26-12-18-9-10-21(24)27-15(18)2/h4-10,14,16,19-20,25H,11-13H2,1-3H3,(H2,24,27)(H,26,29)(H,28,30)/t14-,16-,19+,20+/m0/s1. The van der Waals surface area contributed by atoms with Crippen molar-refractivity contribution in [3.05, 3.63) is 59.3 Å². The van der Waals surface area contributed by atoms with Crippen molar-refractivity contribution in [1.29, 1.82) is 0 Å². The van der Waals surface area contributed by atoms with Gasteiger partial charge in [-0.1, -0.05) is 43.3 Å². The Balaban J connectivity index is 1.47. The first kappa shape index (κ1) is 21.8. The van der Waals surface area contributed by atoms with Crippen LogP contribution in [0.3, 0.4) is 0 Å². The number of aromatic nitrogens is 1. The highest BCUT2D eigenvalue weighted by Gasteiger charge is 2.33. The molecule has 0 bridgehead atoms. The largest absolute Gasteiger partial charge is 0.384 e. The molecule has 1 fully saturated rings. The molecule has 1 aliphatic heterocycles. The Morgan fingerprint density at radius 1 is 1.20 bits per heavy atom. The molecule has 0 saturated carbocycles. The number of carbonyl (C=O) groups excluding carboxylic acids is 2. The minimum absolute atomic E-state index is 0.134. The van der Waals surface area contributed by atoms with Crippen LogP contribution in [0.5, 0.6) is 0 Å². The molecule has 1 aromatic heterocycles. The molecule has 2 aromatic rings. The summed E-state index contributed by atoms with van der Waals surface area (Å²) in [5.41, 5.74) is 8.61. The third kappa shape index (κ3) is 5.36. The molecule has 1 saturated heterocycles. The number of benzene rings is 1. The van der Waals surface area contributed by atoms with Crippen LogP contribution in [-0.4, -0.2) is 35.4 Å². The number of amides is 2. The lowest BCUT2D eigenvalue weighted by Gasteiger charge is -2.20. The molecule has 2 amide bonds. The van der Waals surface area contributed by atoms with Crippen molar-refractivity contribution in [2.45, 2.75) is 51.7 Å². The van der Waals surface area contributed by atoms with Crippen molar-refractivity contribution in [3.8, 4) is 0 Å². The molecule has 7 nitrogen and oxygen atoms in total. The second-order valence-electron chi connectivity index (χ2n) is 8.08. The van der Waals surface area contributed by atoms with Crippen LogP contribution in [0.4, 0.5) is 5.82 Å². The third-order valence-corrected chi connectivity index (χ3v) is 5.94. The van der Waals surface area contributed by atoms with E-state index in [9.17, 15) is 9.59 Å². The molecule has 30 heavy (non-hydrogen) atoms. The van der Waals surface area contributed by atoms with E-state index >= 15 is 0 Å². The van der Waals surface area contributed by atoms with Gasteiger partial charge in [0, 0.05) is 12.2 Å². The van der Waals surface area contributed by atoms with E-state index in [1.807, 2.05) is 31.2 Å². The predicted octanol–water partition coefficient (Wildman–Crippen LogP) is 1.87. The monoisotopic (exact) mass is 409 g/mol. The minimum Gasteiger partial charge on any atom is -0.384 e. The number of hydrogen-bond acceptors (Lipinski definition) is 5. The van der Waals surface area contributed by atoms with Crippen molar-refractivity contribution in [1.82, 2.24) is 20.9 Å². The zero-order valence-corrected chi connectivity index (χ0v) is 17.8. The highest BCUT2D eigenvalue weighted by Crippen LogP contribution is 2.30. The molecule has 0 unspecified atom stereocenters. The van der Waals surface area contributed by atoms with Crippen LogP contribution in [-0.2, 0) is 16.1 Å². The lowest BCUT2D eigenvalue weighted by atomic mass is 9.86. The Morgan fingerprint density at radius 3 is 2.63 bits per heavy atom. The van der Waals surface area contributed by atoms with E-state index in [0.717, 1.165) is 24.2 Å². The average molecular weight is 410 g/mol. The summed E-state index contributed by atoms with van der Waals surface area (Å²) < 4.78 is 0. The summed E-state index contributed by atoms with van der Waals surface area (Å²) in [5, 5.41) is 8.99. The molecule has 5 N–H and O–H groups in total. The fraction of sp³-hybridized carbons (Fsp3) is 0.435. The second-order valence-corrected chi connectivity index (χ2v) is 8.08. The molecule has 160 valence electrons. The summed E-state index contributed by atoms with van der Waals surface area (Å²) >= 11 is 0. The maximum atomic E-state index is 12.7. The van der Waals surface area contributed by atoms with Gasteiger partial charge in [0.15, 0.2) is 0 Å². The Morgan fingerprint density at radius 2 is 1.93 bits per heavy atom. The first-order valence-electron chi connectivity index (χ1n) is 10.4. The van der Waals surface area contributed by atoms with Gasteiger partial charge in [0.25, 0.3) is 0 Å². The SMILES string of the molecule is Cc1nc(N)ccc1CNC(=O)[C@H](C)NC(=O)[C@H]1C[C@@H]([C@@H](C)c2ccccc2)CN1. The van der Waals surface area contributed by atoms with Gasteiger partial charge < -0.3 is 21.7 Å². The molecule has 0 radical (unpaired) electrons. The third-order valence-electron chi connectivity index (χ3n) is 5.94. The Hall–Kier alpha value is -2.93. The van der Waals surface area contributed by atoms with E-state index in [2.05, 4.69) is 40.0 Å². The van der Waals surface area contributed by atoms with E-state index in [4.69, 9.17) is 5.73 Å². The van der Waals surface area contributed by atoms with Crippen LogP contribution in [0.25, 0.3) is 0 Å². The van der Waals surface area contributed by atoms with Crippen LogP contribution in [0.15, 0.2) is 42.5 Å². The van der Waals surface area contributed by atoms with Crippen LogP contribution < -0.4 is 21.7 Å². The summed E-state index contributed by atoms with van der Waals surface area (Å²) in [7, 11) is 0. The van der Waals surface area contributed by atoms with Gasteiger partial charge in [-0.25, -0.2) is 4.98 Å². The highest BCUT2D eigenvalue weighted by atomic mass is 16.2. The fourth-order valence-corrected chi connectivity index (χ4v) is 3.88. The van der Waals surface area contributed by atoms with Gasteiger partial charge in [-0.2, -0.15) is 0 Å². The number of nitrogen functional groups attached to an aromatic ring is 1.